The summed E-state index contributed by atoms with van der Waals surface area (Å²) >= 11 is 6.07. The summed E-state index contributed by atoms with van der Waals surface area (Å²) in [4.78, 5) is 16.8. The zero-order chi connectivity index (χ0) is 17.3. The molecule has 2 aromatic heterocycles. The standard InChI is InChI=1S/C17H13ClFN3O2/c1-9-5-3-8-13(20-9)21-17(23)14-10(2)24-22-16(14)15-11(18)6-4-7-12(15)19/h3-8H,1-2H3,(H,20,21,23). The Morgan fingerprint density at radius 3 is 2.67 bits per heavy atom. The van der Waals surface area contributed by atoms with Crippen LogP contribution in [0.2, 0.25) is 5.02 Å². The van der Waals surface area contributed by atoms with Gasteiger partial charge in [0, 0.05) is 5.69 Å². The number of hydrogen-bond acceptors (Lipinski definition) is 4. The van der Waals surface area contributed by atoms with Crippen LogP contribution in [0.15, 0.2) is 40.9 Å². The molecular formula is C17H13ClFN3O2. The van der Waals surface area contributed by atoms with Crippen LogP contribution in [0, 0.1) is 19.7 Å². The molecule has 0 aliphatic heterocycles. The van der Waals surface area contributed by atoms with Crippen LogP contribution >= 0.6 is 11.6 Å². The van der Waals surface area contributed by atoms with Crippen LogP contribution in [0.5, 0.6) is 0 Å². The average molecular weight is 346 g/mol. The first-order valence-corrected chi connectivity index (χ1v) is 7.51. The Bertz CT molecular complexity index is 904. The molecular weight excluding hydrogens is 333 g/mol. The lowest BCUT2D eigenvalue weighted by Crippen LogP contribution is -2.15. The fourth-order valence-electron chi connectivity index (χ4n) is 2.33. The number of amides is 1. The molecule has 0 bridgehead atoms. The highest BCUT2D eigenvalue weighted by molar-refractivity contribution is 6.33. The van der Waals surface area contributed by atoms with Crippen molar-refractivity contribution in [3.8, 4) is 11.3 Å². The van der Waals surface area contributed by atoms with Gasteiger partial charge in [0.2, 0.25) is 0 Å². The van der Waals surface area contributed by atoms with Gasteiger partial charge in [-0.1, -0.05) is 28.9 Å². The van der Waals surface area contributed by atoms with E-state index in [-0.39, 0.29) is 27.6 Å². The van der Waals surface area contributed by atoms with Crippen molar-refractivity contribution in [1.29, 1.82) is 0 Å². The first-order chi connectivity index (χ1) is 11.5. The highest BCUT2D eigenvalue weighted by Crippen LogP contribution is 2.33. The number of rotatable bonds is 3. The molecule has 0 atom stereocenters. The number of pyridine rings is 1. The summed E-state index contributed by atoms with van der Waals surface area (Å²) in [5, 5.41) is 6.61. The molecule has 7 heteroatoms. The fraction of sp³-hybridized carbons (Fsp3) is 0.118. The molecule has 0 aliphatic rings. The molecule has 3 rings (SSSR count). The monoisotopic (exact) mass is 345 g/mol. The molecule has 3 aromatic rings. The number of anilines is 1. The first kappa shape index (κ1) is 16.1. The van der Waals surface area contributed by atoms with Gasteiger partial charge in [0.25, 0.3) is 5.91 Å². The second-order valence-electron chi connectivity index (χ2n) is 5.18. The van der Waals surface area contributed by atoms with Gasteiger partial charge in [0.1, 0.15) is 28.7 Å². The number of aromatic nitrogens is 2. The number of aryl methyl sites for hydroxylation is 2. The number of carbonyl (C=O) groups excluding carboxylic acids is 1. The molecule has 5 nitrogen and oxygen atoms in total. The minimum absolute atomic E-state index is 0.0263. The van der Waals surface area contributed by atoms with Gasteiger partial charge in [-0.05, 0) is 38.1 Å². The molecule has 2 heterocycles. The number of nitrogens with zero attached hydrogens (tertiary/aromatic N) is 2. The van der Waals surface area contributed by atoms with Crippen LogP contribution < -0.4 is 5.32 Å². The van der Waals surface area contributed by atoms with Crippen LogP contribution in [-0.4, -0.2) is 16.0 Å². The van der Waals surface area contributed by atoms with Crippen molar-refractivity contribution in [2.45, 2.75) is 13.8 Å². The molecule has 0 saturated carbocycles. The van der Waals surface area contributed by atoms with Gasteiger partial charge in [-0.25, -0.2) is 9.37 Å². The van der Waals surface area contributed by atoms with Gasteiger partial charge >= 0.3 is 0 Å². The van der Waals surface area contributed by atoms with E-state index in [4.69, 9.17) is 16.1 Å². The third kappa shape index (κ3) is 3.00. The van der Waals surface area contributed by atoms with Crippen molar-refractivity contribution in [1.82, 2.24) is 10.1 Å². The minimum Gasteiger partial charge on any atom is -0.360 e. The molecule has 122 valence electrons. The molecule has 0 aliphatic carbocycles. The third-order valence-electron chi connectivity index (χ3n) is 3.42. The van der Waals surface area contributed by atoms with Crippen LogP contribution in [0.3, 0.4) is 0 Å². The van der Waals surface area contributed by atoms with E-state index in [1.54, 1.807) is 19.1 Å². The van der Waals surface area contributed by atoms with E-state index >= 15 is 0 Å². The van der Waals surface area contributed by atoms with Gasteiger partial charge < -0.3 is 9.84 Å². The summed E-state index contributed by atoms with van der Waals surface area (Å²) in [6.07, 6.45) is 0. The number of hydrogen-bond donors (Lipinski definition) is 1. The lowest BCUT2D eigenvalue weighted by atomic mass is 10.0. The summed E-state index contributed by atoms with van der Waals surface area (Å²) in [5.41, 5.74) is 0.955. The highest BCUT2D eigenvalue weighted by Gasteiger charge is 2.25. The van der Waals surface area contributed by atoms with E-state index in [2.05, 4.69) is 15.5 Å². The van der Waals surface area contributed by atoms with Gasteiger partial charge in [-0.3, -0.25) is 4.79 Å². The second-order valence-corrected chi connectivity index (χ2v) is 5.58. The van der Waals surface area contributed by atoms with Crippen LogP contribution in [-0.2, 0) is 0 Å². The number of nitrogens with one attached hydrogen (secondary N) is 1. The summed E-state index contributed by atoms with van der Waals surface area (Å²) in [6, 6.07) is 9.48. The SMILES string of the molecule is Cc1cccc(NC(=O)c2c(-c3c(F)cccc3Cl)noc2C)n1. The van der Waals surface area contributed by atoms with Crippen LogP contribution in [0.4, 0.5) is 10.2 Å². The van der Waals surface area contributed by atoms with E-state index in [0.29, 0.717) is 5.82 Å². The van der Waals surface area contributed by atoms with E-state index in [0.717, 1.165) is 5.69 Å². The lowest BCUT2D eigenvalue weighted by molar-refractivity contribution is 0.102. The largest absolute Gasteiger partial charge is 0.360 e. The van der Waals surface area contributed by atoms with Gasteiger partial charge in [-0.15, -0.1) is 0 Å². The van der Waals surface area contributed by atoms with E-state index in [1.165, 1.54) is 18.2 Å². The number of benzene rings is 1. The molecule has 0 spiro atoms. The zero-order valence-electron chi connectivity index (χ0n) is 12.9. The second kappa shape index (κ2) is 6.41. The fourth-order valence-corrected chi connectivity index (χ4v) is 2.58. The smallest absolute Gasteiger partial charge is 0.262 e. The van der Waals surface area contributed by atoms with Crippen molar-refractivity contribution in [3.63, 3.8) is 0 Å². The zero-order valence-corrected chi connectivity index (χ0v) is 13.7. The van der Waals surface area contributed by atoms with Gasteiger partial charge in [0.15, 0.2) is 0 Å². The van der Waals surface area contributed by atoms with Crippen molar-refractivity contribution in [3.05, 3.63) is 64.3 Å². The van der Waals surface area contributed by atoms with E-state index < -0.39 is 11.7 Å². The number of halogens is 2. The molecule has 24 heavy (non-hydrogen) atoms. The Kier molecular flexibility index (Phi) is 4.31. The molecule has 1 amide bonds. The van der Waals surface area contributed by atoms with Crippen LogP contribution in [0.1, 0.15) is 21.8 Å². The van der Waals surface area contributed by atoms with Crippen LogP contribution in [0.25, 0.3) is 11.3 Å². The lowest BCUT2D eigenvalue weighted by Gasteiger charge is -2.07. The molecule has 0 radical (unpaired) electrons. The Labute approximate surface area is 142 Å². The summed E-state index contributed by atoms with van der Waals surface area (Å²) < 4.78 is 19.2. The summed E-state index contributed by atoms with van der Waals surface area (Å²) in [6.45, 7) is 3.38. The van der Waals surface area contributed by atoms with Crippen molar-refractivity contribution in [2.75, 3.05) is 5.32 Å². The minimum atomic E-state index is -0.585. The number of carbonyl (C=O) groups is 1. The molecule has 0 saturated heterocycles. The summed E-state index contributed by atoms with van der Waals surface area (Å²) in [7, 11) is 0. The first-order valence-electron chi connectivity index (χ1n) is 7.13. The maximum Gasteiger partial charge on any atom is 0.262 e. The van der Waals surface area contributed by atoms with Gasteiger partial charge in [-0.2, -0.15) is 0 Å². The quantitative estimate of drug-likeness (QED) is 0.764. The summed E-state index contributed by atoms with van der Waals surface area (Å²) in [5.74, 6) is -0.444. The topological polar surface area (TPSA) is 68.0 Å². The van der Waals surface area contributed by atoms with Gasteiger partial charge in [0.05, 0.1) is 10.6 Å². The normalized spacial score (nSPS) is 10.7. The Balaban J connectivity index is 2.03. The Hall–Kier alpha value is -2.73. The predicted molar refractivity (Wildman–Crippen MR) is 88.6 cm³/mol. The maximum absolute atomic E-state index is 14.2. The van der Waals surface area contributed by atoms with Crippen molar-refractivity contribution < 1.29 is 13.7 Å². The molecule has 0 fully saturated rings. The van der Waals surface area contributed by atoms with E-state index in [1.807, 2.05) is 13.0 Å². The molecule has 0 unspecified atom stereocenters. The Morgan fingerprint density at radius 1 is 1.21 bits per heavy atom. The maximum atomic E-state index is 14.2. The molecule has 1 N–H and O–H groups in total. The predicted octanol–water partition coefficient (Wildman–Crippen LogP) is 4.40. The van der Waals surface area contributed by atoms with Crippen molar-refractivity contribution in [2.24, 2.45) is 0 Å². The molecule has 1 aromatic carbocycles. The highest BCUT2D eigenvalue weighted by atomic mass is 35.5. The third-order valence-corrected chi connectivity index (χ3v) is 3.73. The van der Waals surface area contributed by atoms with E-state index in [9.17, 15) is 9.18 Å². The average Bonchev–Trinajstić information content (AvgIpc) is 2.89. The van der Waals surface area contributed by atoms with Crippen molar-refractivity contribution >= 4 is 23.3 Å². The Morgan fingerprint density at radius 2 is 1.96 bits per heavy atom.